The first-order valence-electron chi connectivity index (χ1n) is 9.40. The van der Waals surface area contributed by atoms with Gasteiger partial charge >= 0.3 is 0 Å². The molecule has 9 heteroatoms. The van der Waals surface area contributed by atoms with E-state index in [0.717, 1.165) is 22.3 Å². The molecule has 0 aliphatic carbocycles. The maximum atomic E-state index is 12.2. The van der Waals surface area contributed by atoms with Crippen LogP contribution in [-0.2, 0) is 4.79 Å². The zero-order valence-electron chi connectivity index (χ0n) is 17.3. The summed E-state index contributed by atoms with van der Waals surface area (Å²) in [6.45, 7) is 10.0. The Hall–Kier alpha value is -0.0600. The monoisotopic (exact) mass is 462 g/mol. The number of pyridine rings is 1. The molecule has 0 spiro atoms. The molecule has 0 aromatic carbocycles. The van der Waals surface area contributed by atoms with Crippen molar-refractivity contribution in [2.45, 2.75) is 53.3 Å². The zero-order chi connectivity index (χ0) is 21.0. The Morgan fingerprint density at radius 1 is 1.11 bits per heavy atom. The smallest absolute Gasteiger partial charge is 0.236 e. The molecule has 0 saturated carbocycles. The van der Waals surface area contributed by atoms with E-state index in [1.54, 1.807) is 29.7 Å². The van der Waals surface area contributed by atoms with Gasteiger partial charge in [0.05, 0.1) is 19.2 Å². The predicted molar refractivity (Wildman–Crippen MR) is 130 cm³/mol. The SMILES string of the molecule is CC(C)(SCCN)SCCC(N)C(=O)NCCSC(C)(C)Sc1ccccn1. The normalized spacial score (nSPS) is 13.4. The lowest BCUT2D eigenvalue weighted by atomic mass is 10.2. The fourth-order valence-corrected chi connectivity index (χ4v) is 6.71. The van der Waals surface area contributed by atoms with E-state index in [1.165, 1.54) is 0 Å². The highest BCUT2D eigenvalue weighted by Crippen LogP contribution is 2.40. The molecular formula is C19H34N4OS4. The molecule has 160 valence electrons. The average molecular weight is 463 g/mol. The summed E-state index contributed by atoms with van der Waals surface area (Å²) in [7, 11) is 0. The molecule has 0 radical (unpaired) electrons. The Morgan fingerprint density at radius 3 is 2.43 bits per heavy atom. The van der Waals surface area contributed by atoms with E-state index in [2.05, 4.69) is 38.0 Å². The van der Waals surface area contributed by atoms with Gasteiger partial charge in [-0.3, -0.25) is 4.79 Å². The fourth-order valence-electron chi connectivity index (χ4n) is 2.20. The van der Waals surface area contributed by atoms with Crippen molar-refractivity contribution in [2.24, 2.45) is 11.5 Å². The van der Waals surface area contributed by atoms with Crippen LogP contribution >= 0.6 is 47.0 Å². The summed E-state index contributed by atoms with van der Waals surface area (Å²) in [5.41, 5.74) is 11.6. The average Bonchev–Trinajstić information content (AvgIpc) is 2.63. The van der Waals surface area contributed by atoms with Crippen LogP contribution in [0.4, 0.5) is 0 Å². The van der Waals surface area contributed by atoms with Crippen LogP contribution < -0.4 is 16.8 Å². The minimum atomic E-state index is -0.455. The number of nitrogens with one attached hydrogen (secondary N) is 1. The number of thioether (sulfide) groups is 4. The molecule has 1 aromatic heterocycles. The first-order valence-corrected chi connectivity index (χ1v) is 13.2. The van der Waals surface area contributed by atoms with Crippen LogP contribution in [0.25, 0.3) is 0 Å². The van der Waals surface area contributed by atoms with E-state index in [-0.39, 0.29) is 14.1 Å². The molecule has 1 atom stereocenters. The quantitative estimate of drug-likeness (QED) is 0.219. The molecule has 0 fully saturated rings. The molecule has 0 bridgehead atoms. The van der Waals surface area contributed by atoms with Gasteiger partial charge in [-0.2, -0.15) is 0 Å². The number of carbonyl (C=O) groups excluding carboxylic acids is 1. The highest BCUT2D eigenvalue weighted by atomic mass is 32.2. The Labute approximate surface area is 187 Å². The third-order valence-electron chi connectivity index (χ3n) is 3.62. The summed E-state index contributed by atoms with van der Waals surface area (Å²) in [5, 5.41) is 3.97. The number of amides is 1. The van der Waals surface area contributed by atoms with E-state index >= 15 is 0 Å². The van der Waals surface area contributed by atoms with Gasteiger partial charge in [-0.25, -0.2) is 4.98 Å². The number of rotatable bonds is 14. The van der Waals surface area contributed by atoms with Crippen molar-refractivity contribution in [3.8, 4) is 0 Å². The van der Waals surface area contributed by atoms with Gasteiger partial charge in [0.15, 0.2) is 0 Å². The molecule has 1 rings (SSSR count). The van der Waals surface area contributed by atoms with Crippen LogP contribution in [-0.4, -0.2) is 55.4 Å². The van der Waals surface area contributed by atoms with Gasteiger partial charge in [-0.15, -0.1) is 35.3 Å². The van der Waals surface area contributed by atoms with Gasteiger partial charge in [0, 0.05) is 30.8 Å². The van der Waals surface area contributed by atoms with Gasteiger partial charge in [-0.1, -0.05) is 17.8 Å². The Morgan fingerprint density at radius 2 is 1.79 bits per heavy atom. The molecule has 0 aliphatic rings. The van der Waals surface area contributed by atoms with Gasteiger partial charge in [0.25, 0.3) is 0 Å². The molecule has 0 aliphatic heterocycles. The zero-order valence-corrected chi connectivity index (χ0v) is 20.5. The topological polar surface area (TPSA) is 94.0 Å². The second kappa shape index (κ2) is 13.3. The number of aromatic nitrogens is 1. The number of nitrogens with two attached hydrogens (primary N) is 2. The molecule has 1 unspecified atom stereocenters. The van der Waals surface area contributed by atoms with Crippen LogP contribution in [0.15, 0.2) is 29.4 Å². The summed E-state index contributed by atoms with van der Waals surface area (Å²) in [6.07, 6.45) is 2.48. The van der Waals surface area contributed by atoms with Gasteiger partial charge in [0.2, 0.25) is 5.91 Å². The summed E-state index contributed by atoms with van der Waals surface area (Å²) < 4.78 is 0.0910. The number of hydrogen-bond acceptors (Lipinski definition) is 8. The van der Waals surface area contributed by atoms with Crippen molar-refractivity contribution < 1.29 is 4.79 Å². The molecule has 28 heavy (non-hydrogen) atoms. The van der Waals surface area contributed by atoms with Crippen molar-refractivity contribution in [1.29, 1.82) is 0 Å². The van der Waals surface area contributed by atoms with E-state index in [9.17, 15) is 4.79 Å². The number of nitrogens with zero attached hydrogens (tertiary/aromatic N) is 1. The third kappa shape index (κ3) is 11.8. The first kappa shape index (κ1) is 26.0. The van der Waals surface area contributed by atoms with Gasteiger partial charge < -0.3 is 16.8 Å². The summed E-state index contributed by atoms with van der Waals surface area (Å²) in [4.78, 5) is 16.6. The minimum absolute atomic E-state index is 0.00931. The summed E-state index contributed by atoms with van der Waals surface area (Å²) in [5.74, 6) is 2.58. The summed E-state index contributed by atoms with van der Waals surface area (Å²) >= 11 is 7.22. The standard InChI is InChI=1S/C19H34N4OS4/c1-18(2,26-13-9-20)25-12-8-15(21)17(24)23-11-14-27-19(3,4)28-16-7-5-6-10-22-16/h5-7,10,15H,8-9,11-14,20-21H2,1-4H3,(H,23,24). The highest BCUT2D eigenvalue weighted by molar-refractivity contribution is 8.18. The Kier molecular flexibility index (Phi) is 12.3. The fraction of sp³-hybridized carbons (Fsp3) is 0.684. The number of hydrogen-bond donors (Lipinski definition) is 3. The minimum Gasteiger partial charge on any atom is -0.354 e. The van der Waals surface area contributed by atoms with Crippen molar-refractivity contribution in [3.63, 3.8) is 0 Å². The molecular weight excluding hydrogens is 429 g/mol. The molecule has 1 amide bonds. The van der Waals surface area contributed by atoms with Crippen molar-refractivity contribution in [2.75, 3.05) is 30.3 Å². The lowest BCUT2D eigenvalue weighted by Crippen LogP contribution is -2.42. The largest absolute Gasteiger partial charge is 0.354 e. The second-order valence-electron chi connectivity index (χ2n) is 7.09. The summed E-state index contributed by atoms with van der Waals surface area (Å²) in [6, 6.07) is 5.47. The molecule has 5 nitrogen and oxygen atoms in total. The van der Waals surface area contributed by atoms with Gasteiger partial charge in [0.1, 0.15) is 0 Å². The van der Waals surface area contributed by atoms with Crippen molar-refractivity contribution >= 4 is 53.0 Å². The van der Waals surface area contributed by atoms with Crippen LogP contribution in [0.2, 0.25) is 0 Å². The Bertz CT molecular complexity index is 572. The molecule has 1 heterocycles. The van der Waals surface area contributed by atoms with E-state index in [4.69, 9.17) is 11.5 Å². The van der Waals surface area contributed by atoms with E-state index < -0.39 is 6.04 Å². The highest BCUT2D eigenvalue weighted by Gasteiger charge is 2.22. The Balaban J connectivity index is 2.21. The van der Waals surface area contributed by atoms with Crippen molar-refractivity contribution in [3.05, 3.63) is 24.4 Å². The molecule has 0 saturated heterocycles. The van der Waals surface area contributed by atoms with Gasteiger partial charge in [-0.05, 0) is 52.0 Å². The van der Waals surface area contributed by atoms with Crippen LogP contribution in [0.3, 0.4) is 0 Å². The van der Waals surface area contributed by atoms with Crippen LogP contribution in [0.5, 0.6) is 0 Å². The predicted octanol–water partition coefficient (Wildman–Crippen LogP) is 3.64. The van der Waals surface area contributed by atoms with E-state index in [0.29, 0.717) is 19.5 Å². The number of carbonyl (C=O) groups is 1. The third-order valence-corrected chi connectivity index (χ3v) is 9.25. The maximum absolute atomic E-state index is 12.2. The molecule has 5 N–H and O–H groups in total. The first-order chi connectivity index (χ1) is 13.2. The maximum Gasteiger partial charge on any atom is 0.236 e. The van der Waals surface area contributed by atoms with E-state index in [1.807, 2.05) is 41.7 Å². The van der Waals surface area contributed by atoms with Crippen molar-refractivity contribution in [1.82, 2.24) is 10.3 Å². The van der Waals surface area contributed by atoms with Crippen LogP contribution in [0.1, 0.15) is 34.1 Å². The lowest BCUT2D eigenvalue weighted by Gasteiger charge is -2.24. The molecule has 1 aromatic rings. The lowest BCUT2D eigenvalue weighted by molar-refractivity contribution is -0.122. The van der Waals surface area contributed by atoms with Crippen LogP contribution in [0, 0.1) is 0 Å². The second-order valence-corrected chi connectivity index (χ2v) is 14.4.